The van der Waals surface area contributed by atoms with Crippen molar-refractivity contribution in [2.45, 2.75) is 26.7 Å². The summed E-state index contributed by atoms with van der Waals surface area (Å²) in [5.41, 5.74) is 2.09. The highest BCUT2D eigenvalue weighted by Crippen LogP contribution is 2.29. The van der Waals surface area contributed by atoms with Crippen LogP contribution >= 0.6 is 24.0 Å². The molecular weight excluding hydrogens is 467 g/mol. The predicted molar refractivity (Wildman–Crippen MR) is 126 cm³/mol. The van der Waals surface area contributed by atoms with Crippen LogP contribution in [0.5, 0.6) is 11.5 Å². The molecule has 0 radical (unpaired) electrons. The number of ether oxygens (including phenoxy) is 2. The van der Waals surface area contributed by atoms with Crippen LogP contribution in [-0.4, -0.2) is 38.3 Å². The van der Waals surface area contributed by atoms with Crippen molar-refractivity contribution in [1.29, 1.82) is 0 Å². The van der Waals surface area contributed by atoms with E-state index >= 15 is 0 Å². The van der Waals surface area contributed by atoms with E-state index < -0.39 is 0 Å². The highest BCUT2D eigenvalue weighted by Gasteiger charge is 2.16. The van der Waals surface area contributed by atoms with Crippen molar-refractivity contribution < 1.29 is 9.47 Å². The summed E-state index contributed by atoms with van der Waals surface area (Å²) in [5, 5.41) is 6.63. The van der Waals surface area contributed by atoms with Crippen molar-refractivity contribution in [2.24, 2.45) is 10.9 Å². The smallest absolute Gasteiger partial charge is 0.195 e. The Morgan fingerprint density at radius 3 is 2.46 bits per heavy atom. The molecule has 0 saturated carbocycles. The van der Waals surface area contributed by atoms with E-state index in [9.17, 15) is 0 Å². The number of methoxy groups -OCH3 is 2. The van der Waals surface area contributed by atoms with Crippen LogP contribution in [0.1, 0.15) is 32.3 Å². The monoisotopic (exact) mass is 498 g/mol. The predicted octanol–water partition coefficient (Wildman–Crippen LogP) is 4.53. The lowest BCUT2D eigenvalue weighted by molar-refractivity contribution is 0.355. The fraction of sp³-hybridized carbons (Fsp3) is 0.429. The second-order valence-electron chi connectivity index (χ2n) is 6.55. The summed E-state index contributed by atoms with van der Waals surface area (Å²) in [4.78, 5) is 9.05. The van der Waals surface area contributed by atoms with Gasteiger partial charge >= 0.3 is 0 Å². The topological polar surface area (TPSA) is 67.8 Å². The molecule has 1 heterocycles. The molecule has 7 heteroatoms. The van der Waals surface area contributed by atoms with Crippen molar-refractivity contribution in [3.63, 3.8) is 0 Å². The first-order valence-electron chi connectivity index (χ1n) is 9.26. The lowest BCUT2D eigenvalue weighted by Gasteiger charge is -2.20. The van der Waals surface area contributed by atoms with Crippen LogP contribution in [0.2, 0.25) is 0 Å². The summed E-state index contributed by atoms with van der Waals surface area (Å²) in [6.07, 6.45) is 3.72. The highest BCUT2D eigenvalue weighted by molar-refractivity contribution is 14.0. The standard InChI is InChI=1S/C21H30N4O2.HI/c1-6-23-21(25-17-9-10-19(26-4)20(12-17)27-5)24-14-18(15(2)3)16-8-7-11-22-13-16;/h7-13,15,18H,6,14H2,1-5H3,(H2,23,24,25);1H. The number of nitrogens with one attached hydrogen (secondary N) is 2. The Morgan fingerprint density at radius 1 is 1.14 bits per heavy atom. The summed E-state index contributed by atoms with van der Waals surface area (Å²) < 4.78 is 10.7. The normalized spacial score (nSPS) is 12.1. The second kappa shape index (κ2) is 12.4. The number of nitrogens with zero attached hydrogens (tertiary/aromatic N) is 2. The van der Waals surface area contributed by atoms with Crippen LogP contribution < -0.4 is 20.1 Å². The van der Waals surface area contributed by atoms with Crippen molar-refractivity contribution >= 4 is 35.6 Å². The van der Waals surface area contributed by atoms with E-state index in [1.807, 2.05) is 37.4 Å². The SMILES string of the molecule is CCNC(=NCC(c1cccnc1)C(C)C)Nc1ccc(OC)c(OC)c1.I. The molecular formula is C21H31IN4O2. The highest BCUT2D eigenvalue weighted by atomic mass is 127. The lowest BCUT2D eigenvalue weighted by atomic mass is 9.89. The minimum Gasteiger partial charge on any atom is -0.493 e. The van der Waals surface area contributed by atoms with Gasteiger partial charge in [-0.15, -0.1) is 24.0 Å². The van der Waals surface area contributed by atoms with Crippen molar-refractivity contribution in [2.75, 3.05) is 32.6 Å². The lowest BCUT2D eigenvalue weighted by Crippen LogP contribution is -2.31. The van der Waals surface area contributed by atoms with Crippen molar-refractivity contribution in [3.05, 3.63) is 48.3 Å². The number of guanidine groups is 1. The van der Waals surface area contributed by atoms with Gasteiger partial charge < -0.3 is 20.1 Å². The van der Waals surface area contributed by atoms with Gasteiger partial charge in [0.1, 0.15) is 0 Å². The maximum atomic E-state index is 5.37. The maximum Gasteiger partial charge on any atom is 0.195 e. The third-order valence-electron chi connectivity index (χ3n) is 4.35. The molecule has 1 aromatic carbocycles. The Hall–Kier alpha value is -2.03. The van der Waals surface area contributed by atoms with Gasteiger partial charge in [0.25, 0.3) is 0 Å². The van der Waals surface area contributed by atoms with Gasteiger partial charge in [-0.25, -0.2) is 0 Å². The Kier molecular flexibility index (Phi) is 10.7. The van der Waals surface area contributed by atoms with Crippen LogP contribution in [0.15, 0.2) is 47.7 Å². The van der Waals surface area contributed by atoms with Gasteiger partial charge in [-0.05, 0) is 36.6 Å². The zero-order valence-electron chi connectivity index (χ0n) is 17.2. The molecule has 0 aliphatic carbocycles. The minimum atomic E-state index is 0. The van der Waals surface area contributed by atoms with Gasteiger partial charge in [-0.2, -0.15) is 0 Å². The van der Waals surface area contributed by atoms with E-state index in [0.717, 1.165) is 18.2 Å². The van der Waals surface area contributed by atoms with Gasteiger partial charge in [0.05, 0.1) is 14.2 Å². The van der Waals surface area contributed by atoms with Crippen LogP contribution in [0.25, 0.3) is 0 Å². The first kappa shape index (κ1) is 24.0. The van der Waals surface area contributed by atoms with Crippen LogP contribution in [-0.2, 0) is 0 Å². The fourth-order valence-corrected chi connectivity index (χ4v) is 2.84. The summed E-state index contributed by atoms with van der Waals surface area (Å²) in [5.74, 6) is 2.87. The quantitative estimate of drug-likeness (QED) is 0.318. The number of pyridine rings is 1. The largest absolute Gasteiger partial charge is 0.493 e. The van der Waals surface area contributed by atoms with Crippen LogP contribution in [0.3, 0.4) is 0 Å². The average Bonchev–Trinajstić information content (AvgIpc) is 2.68. The summed E-state index contributed by atoms with van der Waals surface area (Å²) in [6.45, 7) is 7.92. The van der Waals surface area contributed by atoms with E-state index in [1.165, 1.54) is 5.56 Å². The molecule has 28 heavy (non-hydrogen) atoms. The fourth-order valence-electron chi connectivity index (χ4n) is 2.84. The molecule has 1 unspecified atom stereocenters. The summed E-state index contributed by atoms with van der Waals surface area (Å²) >= 11 is 0. The number of benzene rings is 1. The second-order valence-corrected chi connectivity index (χ2v) is 6.55. The molecule has 154 valence electrons. The first-order valence-corrected chi connectivity index (χ1v) is 9.26. The van der Waals surface area contributed by atoms with Gasteiger partial charge in [0.15, 0.2) is 17.5 Å². The Balaban J connectivity index is 0.00000392. The summed E-state index contributed by atoms with van der Waals surface area (Å²) in [7, 11) is 3.25. The molecule has 0 fully saturated rings. The van der Waals surface area contributed by atoms with E-state index in [4.69, 9.17) is 14.5 Å². The van der Waals surface area contributed by atoms with E-state index in [0.29, 0.717) is 29.9 Å². The zero-order valence-corrected chi connectivity index (χ0v) is 19.6. The zero-order chi connectivity index (χ0) is 19.6. The van der Waals surface area contributed by atoms with Gasteiger partial charge in [-0.1, -0.05) is 19.9 Å². The molecule has 0 bridgehead atoms. The molecule has 0 aliphatic heterocycles. The molecule has 0 saturated heterocycles. The Labute approximate surface area is 185 Å². The molecule has 2 rings (SSSR count). The molecule has 6 nitrogen and oxygen atoms in total. The van der Waals surface area contributed by atoms with Crippen molar-refractivity contribution in [3.8, 4) is 11.5 Å². The third kappa shape index (κ3) is 6.85. The maximum absolute atomic E-state index is 5.37. The molecule has 1 atom stereocenters. The van der Waals surface area contributed by atoms with Gasteiger partial charge in [0, 0.05) is 43.2 Å². The molecule has 2 aromatic rings. The van der Waals surface area contributed by atoms with E-state index in [-0.39, 0.29) is 24.0 Å². The number of halogens is 1. The van der Waals surface area contributed by atoms with Crippen LogP contribution in [0.4, 0.5) is 5.69 Å². The number of anilines is 1. The number of aromatic nitrogens is 1. The molecule has 0 amide bonds. The van der Waals surface area contributed by atoms with Crippen LogP contribution in [0, 0.1) is 5.92 Å². The molecule has 1 aromatic heterocycles. The van der Waals surface area contributed by atoms with Crippen molar-refractivity contribution in [1.82, 2.24) is 10.3 Å². The van der Waals surface area contributed by atoms with Gasteiger partial charge in [-0.3, -0.25) is 9.98 Å². The Morgan fingerprint density at radius 2 is 1.89 bits per heavy atom. The number of rotatable bonds is 8. The summed E-state index contributed by atoms with van der Waals surface area (Å²) in [6, 6.07) is 9.79. The third-order valence-corrected chi connectivity index (χ3v) is 4.35. The molecule has 2 N–H and O–H groups in total. The first-order chi connectivity index (χ1) is 13.1. The number of hydrogen-bond donors (Lipinski definition) is 2. The Bertz CT molecular complexity index is 738. The number of aliphatic imine (C=N–C) groups is 1. The number of hydrogen-bond acceptors (Lipinski definition) is 4. The average molecular weight is 498 g/mol. The molecule has 0 aliphatic rings. The van der Waals surface area contributed by atoms with E-state index in [1.54, 1.807) is 20.4 Å². The molecule has 0 spiro atoms. The van der Waals surface area contributed by atoms with E-state index in [2.05, 4.69) is 35.5 Å². The van der Waals surface area contributed by atoms with Gasteiger partial charge in [0.2, 0.25) is 0 Å². The minimum absolute atomic E-state index is 0.